The second kappa shape index (κ2) is 7.01. The lowest BCUT2D eigenvalue weighted by molar-refractivity contribution is 0.339. The summed E-state index contributed by atoms with van der Waals surface area (Å²) in [7, 11) is 0. The van der Waals surface area contributed by atoms with E-state index in [1.165, 1.54) is 0 Å². The summed E-state index contributed by atoms with van der Waals surface area (Å²) >= 11 is 0. The first-order chi connectivity index (χ1) is 9.74. The molecule has 0 spiro atoms. The fraction of sp³-hybridized carbons (Fsp3) is 0.375. The molecule has 0 amide bonds. The predicted molar refractivity (Wildman–Crippen MR) is 79.9 cm³/mol. The third kappa shape index (κ3) is 3.54. The predicted octanol–water partition coefficient (Wildman–Crippen LogP) is 2.88. The van der Waals surface area contributed by atoms with Crippen LogP contribution in [0.2, 0.25) is 0 Å². The van der Waals surface area contributed by atoms with Gasteiger partial charge in [-0.05, 0) is 38.1 Å². The number of nitrogens with zero attached hydrogens (tertiary/aromatic N) is 2. The molecule has 4 heteroatoms. The van der Waals surface area contributed by atoms with Crippen LogP contribution in [0.1, 0.15) is 36.8 Å². The SMILES string of the molecule is CCNC(c1cccc(OCC)c1)c1cnc(C)cn1. The molecule has 0 aliphatic heterocycles. The number of hydrogen-bond donors (Lipinski definition) is 1. The average molecular weight is 271 g/mol. The van der Waals surface area contributed by atoms with Crippen LogP contribution < -0.4 is 10.1 Å². The van der Waals surface area contributed by atoms with Gasteiger partial charge in [0.05, 0.1) is 30.2 Å². The number of benzene rings is 1. The maximum Gasteiger partial charge on any atom is 0.119 e. The summed E-state index contributed by atoms with van der Waals surface area (Å²) in [6.07, 6.45) is 3.63. The van der Waals surface area contributed by atoms with Gasteiger partial charge in [0.15, 0.2) is 0 Å². The highest BCUT2D eigenvalue weighted by Gasteiger charge is 2.15. The van der Waals surface area contributed by atoms with E-state index in [2.05, 4.69) is 34.3 Å². The van der Waals surface area contributed by atoms with Crippen LogP contribution >= 0.6 is 0 Å². The van der Waals surface area contributed by atoms with Gasteiger partial charge in [0.1, 0.15) is 5.75 Å². The maximum absolute atomic E-state index is 5.57. The Morgan fingerprint density at radius 3 is 2.70 bits per heavy atom. The summed E-state index contributed by atoms with van der Waals surface area (Å²) in [4.78, 5) is 8.82. The quantitative estimate of drug-likeness (QED) is 0.877. The van der Waals surface area contributed by atoms with Crippen molar-refractivity contribution in [3.8, 4) is 5.75 Å². The lowest BCUT2D eigenvalue weighted by atomic mass is 10.0. The molecule has 2 rings (SSSR count). The molecule has 1 unspecified atom stereocenters. The first-order valence-corrected chi connectivity index (χ1v) is 6.99. The van der Waals surface area contributed by atoms with Gasteiger partial charge in [-0.2, -0.15) is 0 Å². The standard InChI is InChI=1S/C16H21N3O/c1-4-17-16(15-11-18-12(3)10-19-15)13-7-6-8-14(9-13)20-5-2/h6-11,16-17H,4-5H2,1-3H3. The smallest absolute Gasteiger partial charge is 0.119 e. The van der Waals surface area contributed by atoms with E-state index in [1.54, 1.807) is 6.20 Å². The van der Waals surface area contributed by atoms with Gasteiger partial charge < -0.3 is 10.1 Å². The molecule has 2 aromatic rings. The lowest BCUT2D eigenvalue weighted by Crippen LogP contribution is -2.23. The Morgan fingerprint density at radius 1 is 1.20 bits per heavy atom. The topological polar surface area (TPSA) is 47.0 Å². The highest BCUT2D eigenvalue weighted by Crippen LogP contribution is 2.23. The number of nitrogens with one attached hydrogen (secondary N) is 1. The van der Waals surface area contributed by atoms with Crippen LogP contribution in [0.5, 0.6) is 5.75 Å². The van der Waals surface area contributed by atoms with Crippen molar-refractivity contribution in [3.63, 3.8) is 0 Å². The van der Waals surface area contributed by atoms with E-state index >= 15 is 0 Å². The molecule has 0 saturated heterocycles. The summed E-state index contributed by atoms with van der Waals surface area (Å²) in [5.41, 5.74) is 2.98. The maximum atomic E-state index is 5.57. The normalized spacial score (nSPS) is 12.2. The van der Waals surface area contributed by atoms with E-state index in [0.717, 1.165) is 29.2 Å². The first-order valence-electron chi connectivity index (χ1n) is 6.99. The zero-order valence-electron chi connectivity index (χ0n) is 12.3. The molecule has 0 aliphatic rings. The monoisotopic (exact) mass is 271 g/mol. The van der Waals surface area contributed by atoms with Gasteiger partial charge in [0.25, 0.3) is 0 Å². The Balaban J connectivity index is 2.32. The third-order valence-electron chi connectivity index (χ3n) is 3.01. The molecule has 0 aliphatic carbocycles. The van der Waals surface area contributed by atoms with Gasteiger partial charge in [-0.3, -0.25) is 9.97 Å². The van der Waals surface area contributed by atoms with Crippen LogP contribution in [0.15, 0.2) is 36.7 Å². The van der Waals surface area contributed by atoms with E-state index in [-0.39, 0.29) is 6.04 Å². The molecule has 1 aromatic heterocycles. The molecule has 0 fully saturated rings. The van der Waals surface area contributed by atoms with E-state index < -0.39 is 0 Å². The summed E-state index contributed by atoms with van der Waals surface area (Å²) in [6.45, 7) is 7.54. The number of aryl methyl sites for hydroxylation is 1. The van der Waals surface area contributed by atoms with E-state index in [1.807, 2.05) is 32.2 Å². The van der Waals surface area contributed by atoms with Crippen LogP contribution in [-0.2, 0) is 0 Å². The summed E-state index contributed by atoms with van der Waals surface area (Å²) in [5.74, 6) is 0.882. The molecular formula is C16H21N3O. The molecule has 1 aromatic carbocycles. The molecule has 1 atom stereocenters. The molecule has 0 saturated carbocycles. The first kappa shape index (κ1) is 14.5. The van der Waals surface area contributed by atoms with Crippen molar-refractivity contribution in [1.29, 1.82) is 0 Å². The molecule has 1 heterocycles. The van der Waals surface area contributed by atoms with Gasteiger partial charge in [-0.1, -0.05) is 19.1 Å². The zero-order valence-corrected chi connectivity index (χ0v) is 12.3. The summed E-state index contributed by atoms with van der Waals surface area (Å²) < 4.78 is 5.57. The molecule has 0 radical (unpaired) electrons. The Hall–Kier alpha value is -1.94. The van der Waals surface area contributed by atoms with E-state index in [0.29, 0.717) is 6.61 Å². The number of ether oxygens (including phenoxy) is 1. The molecule has 106 valence electrons. The minimum atomic E-state index is 0.0357. The van der Waals surface area contributed by atoms with Crippen LogP contribution in [0.4, 0.5) is 0 Å². The van der Waals surface area contributed by atoms with Crippen molar-refractivity contribution in [2.75, 3.05) is 13.2 Å². The van der Waals surface area contributed by atoms with Crippen LogP contribution in [0.3, 0.4) is 0 Å². The minimum absolute atomic E-state index is 0.0357. The van der Waals surface area contributed by atoms with Crippen molar-refractivity contribution in [1.82, 2.24) is 15.3 Å². The third-order valence-corrected chi connectivity index (χ3v) is 3.01. The number of rotatable bonds is 6. The molecule has 1 N–H and O–H groups in total. The van der Waals surface area contributed by atoms with Crippen molar-refractivity contribution < 1.29 is 4.74 Å². The fourth-order valence-corrected chi connectivity index (χ4v) is 2.10. The Bertz CT molecular complexity index is 540. The van der Waals surface area contributed by atoms with E-state index in [9.17, 15) is 0 Å². The van der Waals surface area contributed by atoms with Gasteiger partial charge in [0.2, 0.25) is 0 Å². The Labute approximate surface area is 120 Å². The fourth-order valence-electron chi connectivity index (χ4n) is 2.10. The van der Waals surface area contributed by atoms with Crippen molar-refractivity contribution in [2.24, 2.45) is 0 Å². The second-order valence-electron chi connectivity index (χ2n) is 4.58. The largest absolute Gasteiger partial charge is 0.494 e. The highest BCUT2D eigenvalue weighted by molar-refractivity contribution is 5.34. The lowest BCUT2D eigenvalue weighted by Gasteiger charge is -2.18. The number of hydrogen-bond acceptors (Lipinski definition) is 4. The van der Waals surface area contributed by atoms with Crippen LogP contribution in [-0.4, -0.2) is 23.1 Å². The second-order valence-corrected chi connectivity index (χ2v) is 4.58. The summed E-state index contributed by atoms with van der Waals surface area (Å²) in [6, 6.07) is 8.15. The van der Waals surface area contributed by atoms with Gasteiger partial charge in [0, 0.05) is 6.20 Å². The highest BCUT2D eigenvalue weighted by atomic mass is 16.5. The van der Waals surface area contributed by atoms with Gasteiger partial charge in [-0.15, -0.1) is 0 Å². The Morgan fingerprint density at radius 2 is 2.05 bits per heavy atom. The molecule has 20 heavy (non-hydrogen) atoms. The molecule has 4 nitrogen and oxygen atoms in total. The zero-order chi connectivity index (χ0) is 14.4. The van der Waals surface area contributed by atoms with Crippen LogP contribution in [0.25, 0.3) is 0 Å². The van der Waals surface area contributed by atoms with Crippen molar-refractivity contribution in [3.05, 3.63) is 53.6 Å². The van der Waals surface area contributed by atoms with Crippen molar-refractivity contribution in [2.45, 2.75) is 26.8 Å². The van der Waals surface area contributed by atoms with Crippen molar-refractivity contribution >= 4 is 0 Å². The van der Waals surface area contributed by atoms with Gasteiger partial charge >= 0.3 is 0 Å². The van der Waals surface area contributed by atoms with E-state index in [4.69, 9.17) is 4.74 Å². The summed E-state index contributed by atoms with van der Waals surface area (Å²) in [5, 5.41) is 3.45. The van der Waals surface area contributed by atoms with Crippen LogP contribution in [0, 0.1) is 6.92 Å². The van der Waals surface area contributed by atoms with Gasteiger partial charge in [-0.25, -0.2) is 0 Å². The average Bonchev–Trinajstić information content (AvgIpc) is 2.47. The number of aromatic nitrogens is 2. The molecular weight excluding hydrogens is 250 g/mol. The minimum Gasteiger partial charge on any atom is -0.494 e. The Kier molecular flexibility index (Phi) is 5.07. The molecule has 0 bridgehead atoms.